The van der Waals surface area contributed by atoms with Crippen LogP contribution in [0, 0.1) is 10.1 Å². The van der Waals surface area contributed by atoms with Gasteiger partial charge in [-0.3, -0.25) is 14.9 Å². The summed E-state index contributed by atoms with van der Waals surface area (Å²) in [6.07, 6.45) is 1.27. The first-order valence-electron chi connectivity index (χ1n) is 6.76. The smallest absolute Gasteiger partial charge is 0.328 e. The van der Waals surface area contributed by atoms with Gasteiger partial charge in [-0.05, 0) is 25.8 Å². The standard InChI is InChI=1S/C14H16N2O5/c1-2-21-14(18)12-7-4-8-15(12)13(17)10-5-3-6-11(9-10)16(19)20/h3,5-6,9,12H,2,4,7-8H2,1H3/t12-/m1/s1. The van der Waals surface area contributed by atoms with Crippen LogP contribution < -0.4 is 0 Å². The Labute approximate surface area is 121 Å². The Hall–Kier alpha value is -2.44. The quantitative estimate of drug-likeness (QED) is 0.479. The molecule has 21 heavy (non-hydrogen) atoms. The number of hydrogen-bond acceptors (Lipinski definition) is 5. The van der Waals surface area contributed by atoms with Crippen molar-refractivity contribution in [2.24, 2.45) is 0 Å². The molecule has 2 rings (SSSR count). The lowest BCUT2D eigenvalue weighted by atomic mass is 10.1. The lowest BCUT2D eigenvalue weighted by Gasteiger charge is -2.23. The maximum atomic E-state index is 12.4. The molecule has 1 amide bonds. The Morgan fingerprint density at radius 2 is 2.24 bits per heavy atom. The molecule has 1 aliphatic rings. The number of rotatable bonds is 4. The topological polar surface area (TPSA) is 89.8 Å². The van der Waals surface area contributed by atoms with Gasteiger partial charge in [-0.2, -0.15) is 0 Å². The zero-order chi connectivity index (χ0) is 15.4. The first kappa shape index (κ1) is 15.0. The number of carbonyl (C=O) groups is 2. The number of non-ortho nitro benzene ring substituents is 1. The largest absolute Gasteiger partial charge is 0.464 e. The molecule has 7 nitrogen and oxygen atoms in total. The Bertz CT molecular complexity index is 572. The van der Waals surface area contributed by atoms with Crippen LogP contribution in [0.5, 0.6) is 0 Å². The Morgan fingerprint density at radius 1 is 1.48 bits per heavy atom. The highest BCUT2D eigenvalue weighted by Crippen LogP contribution is 2.23. The van der Waals surface area contributed by atoms with Gasteiger partial charge in [-0.15, -0.1) is 0 Å². The van der Waals surface area contributed by atoms with Crippen molar-refractivity contribution in [1.29, 1.82) is 0 Å². The third kappa shape index (κ3) is 3.18. The second kappa shape index (κ2) is 6.34. The summed E-state index contributed by atoms with van der Waals surface area (Å²) in [6, 6.07) is 4.92. The molecule has 112 valence electrons. The van der Waals surface area contributed by atoms with E-state index in [1.54, 1.807) is 6.92 Å². The lowest BCUT2D eigenvalue weighted by molar-refractivity contribution is -0.384. The molecule has 0 aromatic heterocycles. The van der Waals surface area contributed by atoms with Crippen LogP contribution in [0.15, 0.2) is 24.3 Å². The van der Waals surface area contributed by atoms with Crippen molar-refractivity contribution in [1.82, 2.24) is 4.90 Å². The molecule has 1 saturated heterocycles. The fourth-order valence-corrected chi connectivity index (χ4v) is 2.41. The SMILES string of the molecule is CCOC(=O)[C@H]1CCCN1C(=O)c1cccc([N+](=O)[O-])c1. The van der Waals surface area contributed by atoms with E-state index in [-0.39, 0.29) is 23.8 Å². The van der Waals surface area contributed by atoms with Gasteiger partial charge in [-0.25, -0.2) is 4.79 Å². The predicted molar refractivity (Wildman–Crippen MR) is 73.8 cm³/mol. The molecule has 0 radical (unpaired) electrons. The molecule has 1 aliphatic heterocycles. The minimum absolute atomic E-state index is 0.146. The van der Waals surface area contributed by atoms with Crippen LogP contribution in [0.1, 0.15) is 30.1 Å². The van der Waals surface area contributed by atoms with Crippen LogP contribution in [-0.2, 0) is 9.53 Å². The monoisotopic (exact) mass is 292 g/mol. The second-order valence-electron chi connectivity index (χ2n) is 4.72. The van der Waals surface area contributed by atoms with Crippen molar-refractivity contribution in [2.75, 3.05) is 13.2 Å². The Balaban J connectivity index is 2.20. The van der Waals surface area contributed by atoms with E-state index in [0.717, 1.165) is 0 Å². The predicted octanol–water partition coefficient (Wildman–Crippen LogP) is 1.76. The van der Waals surface area contributed by atoms with E-state index in [1.807, 2.05) is 0 Å². The third-order valence-electron chi connectivity index (χ3n) is 3.38. The van der Waals surface area contributed by atoms with Crippen LogP contribution in [0.3, 0.4) is 0 Å². The third-order valence-corrected chi connectivity index (χ3v) is 3.38. The highest BCUT2D eigenvalue weighted by atomic mass is 16.6. The summed E-state index contributed by atoms with van der Waals surface area (Å²) in [7, 11) is 0. The van der Waals surface area contributed by atoms with Crippen LogP contribution >= 0.6 is 0 Å². The summed E-state index contributed by atoms with van der Waals surface area (Å²) in [5.74, 6) is -0.803. The first-order valence-corrected chi connectivity index (χ1v) is 6.76. The molecule has 0 saturated carbocycles. The fourth-order valence-electron chi connectivity index (χ4n) is 2.41. The highest BCUT2D eigenvalue weighted by Gasteiger charge is 2.35. The van der Waals surface area contributed by atoms with Crippen molar-refractivity contribution in [3.63, 3.8) is 0 Å². The molecule has 1 atom stereocenters. The van der Waals surface area contributed by atoms with E-state index >= 15 is 0 Å². The zero-order valence-corrected chi connectivity index (χ0v) is 11.7. The van der Waals surface area contributed by atoms with Gasteiger partial charge in [-0.1, -0.05) is 6.07 Å². The maximum absolute atomic E-state index is 12.4. The molecule has 0 aliphatic carbocycles. The van der Waals surface area contributed by atoms with Gasteiger partial charge < -0.3 is 9.64 Å². The Morgan fingerprint density at radius 3 is 2.90 bits per heavy atom. The molecule has 1 aromatic carbocycles. The normalized spacial score (nSPS) is 17.6. The number of ether oxygens (including phenoxy) is 1. The summed E-state index contributed by atoms with van der Waals surface area (Å²) in [6.45, 7) is 2.42. The number of hydrogen-bond donors (Lipinski definition) is 0. The van der Waals surface area contributed by atoms with Crippen molar-refractivity contribution < 1.29 is 19.2 Å². The molecule has 7 heteroatoms. The number of esters is 1. The summed E-state index contributed by atoms with van der Waals surface area (Å²) in [5, 5.41) is 10.8. The molecule has 0 N–H and O–H groups in total. The Kier molecular flexibility index (Phi) is 4.52. The first-order chi connectivity index (χ1) is 10.0. The van der Waals surface area contributed by atoms with Gasteiger partial charge in [0.05, 0.1) is 11.5 Å². The molecule has 1 aromatic rings. The number of nitro groups is 1. The van der Waals surface area contributed by atoms with E-state index < -0.39 is 16.9 Å². The number of likely N-dealkylation sites (tertiary alicyclic amines) is 1. The molecule has 1 fully saturated rings. The van der Waals surface area contributed by atoms with Crippen molar-refractivity contribution >= 4 is 17.6 Å². The number of benzene rings is 1. The molecule has 1 heterocycles. The van der Waals surface area contributed by atoms with E-state index in [4.69, 9.17) is 4.74 Å². The van der Waals surface area contributed by atoms with Gasteiger partial charge in [0.1, 0.15) is 6.04 Å². The van der Waals surface area contributed by atoms with Crippen LogP contribution in [0.2, 0.25) is 0 Å². The molecule has 0 unspecified atom stereocenters. The maximum Gasteiger partial charge on any atom is 0.328 e. The number of nitro benzene ring substituents is 1. The highest BCUT2D eigenvalue weighted by molar-refractivity contribution is 5.97. The van der Waals surface area contributed by atoms with Crippen LogP contribution in [-0.4, -0.2) is 40.9 Å². The van der Waals surface area contributed by atoms with Gasteiger partial charge >= 0.3 is 5.97 Å². The molecule has 0 spiro atoms. The average molecular weight is 292 g/mol. The number of amides is 1. The van der Waals surface area contributed by atoms with Gasteiger partial charge in [0, 0.05) is 24.2 Å². The van der Waals surface area contributed by atoms with Gasteiger partial charge in [0.25, 0.3) is 11.6 Å². The zero-order valence-electron chi connectivity index (χ0n) is 11.7. The molecular weight excluding hydrogens is 276 g/mol. The van der Waals surface area contributed by atoms with Gasteiger partial charge in [0.2, 0.25) is 0 Å². The van der Waals surface area contributed by atoms with Gasteiger partial charge in [0.15, 0.2) is 0 Å². The van der Waals surface area contributed by atoms with E-state index in [1.165, 1.54) is 29.2 Å². The number of carbonyl (C=O) groups excluding carboxylic acids is 2. The van der Waals surface area contributed by atoms with E-state index in [2.05, 4.69) is 0 Å². The average Bonchev–Trinajstić information content (AvgIpc) is 2.96. The van der Waals surface area contributed by atoms with Crippen LogP contribution in [0.4, 0.5) is 5.69 Å². The van der Waals surface area contributed by atoms with Crippen molar-refractivity contribution in [3.8, 4) is 0 Å². The van der Waals surface area contributed by atoms with Crippen molar-refractivity contribution in [2.45, 2.75) is 25.8 Å². The summed E-state index contributed by atoms with van der Waals surface area (Å²) in [4.78, 5) is 35.9. The minimum atomic E-state index is -0.600. The van der Waals surface area contributed by atoms with E-state index in [0.29, 0.717) is 19.4 Å². The lowest BCUT2D eigenvalue weighted by Crippen LogP contribution is -2.41. The summed E-state index contributed by atoms with van der Waals surface area (Å²) < 4.78 is 4.96. The van der Waals surface area contributed by atoms with Crippen LogP contribution in [0.25, 0.3) is 0 Å². The van der Waals surface area contributed by atoms with Crippen molar-refractivity contribution in [3.05, 3.63) is 39.9 Å². The molecular formula is C14H16N2O5. The molecule has 0 bridgehead atoms. The van der Waals surface area contributed by atoms with E-state index in [9.17, 15) is 19.7 Å². The second-order valence-corrected chi connectivity index (χ2v) is 4.72. The summed E-state index contributed by atoms with van der Waals surface area (Å²) in [5.41, 5.74) is 0.0631. The minimum Gasteiger partial charge on any atom is -0.464 e. The fraction of sp³-hybridized carbons (Fsp3) is 0.429. The summed E-state index contributed by atoms with van der Waals surface area (Å²) >= 11 is 0. The number of nitrogens with zero attached hydrogens (tertiary/aromatic N) is 2.